The fourth-order valence-corrected chi connectivity index (χ4v) is 2.50. The van der Waals surface area contributed by atoms with Crippen LogP contribution in [-0.4, -0.2) is 25.1 Å². The molecule has 3 heterocycles. The zero-order valence-electron chi connectivity index (χ0n) is 11.7. The Bertz CT molecular complexity index is 949. The minimum atomic E-state index is 0.731. The summed E-state index contributed by atoms with van der Waals surface area (Å²) in [5.41, 5.74) is 3.87. The second kappa shape index (κ2) is 4.31. The first-order chi connectivity index (χ1) is 10.2. The molecular weight excluding hydrogens is 264 g/mol. The molecule has 6 nitrogen and oxygen atoms in total. The summed E-state index contributed by atoms with van der Waals surface area (Å²) < 4.78 is 0. The topological polar surface area (TPSA) is 82.3 Å². The number of hydrogen-bond acceptors (Lipinski definition) is 4. The molecule has 104 valence electrons. The molecule has 21 heavy (non-hydrogen) atoms. The summed E-state index contributed by atoms with van der Waals surface area (Å²) in [5, 5.41) is 12.4. The third-order valence-electron chi connectivity index (χ3n) is 3.44. The van der Waals surface area contributed by atoms with Gasteiger partial charge in [0.25, 0.3) is 0 Å². The Morgan fingerprint density at radius 3 is 2.90 bits per heavy atom. The van der Waals surface area contributed by atoms with Crippen molar-refractivity contribution < 1.29 is 0 Å². The maximum absolute atomic E-state index is 4.51. The molecule has 3 N–H and O–H groups in total. The van der Waals surface area contributed by atoms with Gasteiger partial charge >= 0.3 is 0 Å². The molecule has 1 aromatic carbocycles. The SMILES string of the molecule is Cc1nc(Nc2ccc3cn[nH]c3c2)c2cc(C)[nH]c2n1. The molecule has 0 aliphatic heterocycles. The Balaban J connectivity index is 1.82. The normalized spacial score (nSPS) is 11.3. The predicted molar refractivity (Wildman–Crippen MR) is 82.7 cm³/mol. The molecule has 0 aliphatic rings. The Morgan fingerprint density at radius 2 is 2.00 bits per heavy atom. The average Bonchev–Trinajstić information content (AvgIpc) is 3.03. The van der Waals surface area contributed by atoms with Gasteiger partial charge in [-0.25, -0.2) is 9.97 Å². The van der Waals surface area contributed by atoms with E-state index < -0.39 is 0 Å². The average molecular weight is 278 g/mol. The van der Waals surface area contributed by atoms with Crippen LogP contribution in [0.4, 0.5) is 11.5 Å². The van der Waals surface area contributed by atoms with Crippen LogP contribution in [0.1, 0.15) is 11.5 Å². The van der Waals surface area contributed by atoms with E-state index in [0.29, 0.717) is 0 Å². The quantitative estimate of drug-likeness (QED) is 0.526. The van der Waals surface area contributed by atoms with E-state index in [9.17, 15) is 0 Å². The van der Waals surface area contributed by atoms with Crippen molar-refractivity contribution in [2.24, 2.45) is 0 Å². The van der Waals surface area contributed by atoms with Crippen LogP contribution in [0.5, 0.6) is 0 Å². The first-order valence-corrected chi connectivity index (χ1v) is 6.73. The number of anilines is 2. The second-order valence-electron chi connectivity index (χ2n) is 5.13. The fraction of sp³-hybridized carbons (Fsp3) is 0.133. The van der Waals surface area contributed by atoms with Gasteiger partial charge in [-0.05, 0) is 38.1 Å². The Hall–Kier alpha value is -2.89. The Labute approximate surface area is 120 Å². The van der Waals surface area contributed by atoms with Gasteiger partial charge in [-0.2, -0.15) is 5.10 Å². The molecule has 4 rings (SSSR count). The van der Waals surface area contributed by atoms with E-state index in [1.165, 1.54) is 0 Å². The van der Waals surface area contributed by atoms with Crippen LogP contribution in [0.15, 0.2) is 30.5 Å². The summed E-state index contributed by atoms with van der Waals surface area (Å²) in [6.07, 6.45) is 1.81. The minimum Gasteiger partial charge on any atom is -0.343 e. The van der Waals surface area contributed by atoms with Gasteiger partial charge in [-0.1, -0.05) is 0 Å². The number of nitrogens with one attached hydrogen (secondary N) is 3. The molecule has 0 unspecified atom stereocenters. The van der Waals surface area contributed by atoms with Crippen molar-refractivity contribution >= 4 is 33.4 Å². The first kappa shape index (κ1) is 11.9. The molecule has 0 saturated carbocycles. The van der Waals surface area contributed by atoms with E-state index in [0.717, 1.165) is 45.0 Å². The Kier molecular flexibility index (Phi) is 2.44. The van der Waals surface area contributed by atoms with Gasteiger partial charge in [-0.15, -0.1) is 0 Å². The highest BCUT2D eigenvalue weighted by molar-refractivity contribution is 5.91. The largest absolute Gasteiger partial charge is 0.343 e. The number of hydrogen-bond donors (Lipinski definition) is 3. The van der Waals surface area contributed by atoms with E-state index in [2.05, 4.69) is 30.5 Å². The van der Waals surface area contributed by atoms with Crippen molar-refractivity contribution in [2.75, 3.05) is 5.32 Å². The molecule has 6 heteroatoms. The summed E-state index contributed by atoms with van der Waals surface area (Å²) in [6, 6.07) is 8.10. The summed E-state index contributed by atoms with van der Waals surface area (Å²) >= 11 is 0. The van der Waals surface area contributed by atoms with Crippen molar-refractivity contribution in [3.8, 4) is 0 Å². The van der Waals surface area contributed by atoms with Crippen LogP contribution in [0, 0.1) is 13.8 Å². The van der Waals surface area contributed by atoms with E-state index in [-0.39, 0.29) is 0 Å². The number of nitrogens with zero attached hydrogens (tertiary/aromatic N) is 3. The third kappa shape index (κ3) is 2.01. The molecule has 0 amide bonds. The van der Waals surface area contributed by atoms with Gasteiger partial charge in [0, 0.05) is 16.8 Å². The summed E-state index contributed by atoms with van der Waals surface area (Å²) in [6.45, 7) is 3.90. The van der Waals surface area contributed by atoms with Crippen molar-refractivity contribution in [2.45, 2.75) is 13.8 Å². The van der Waals surface area contributed by atoms with Gasteiger partial charge < -0.3 is 10.3 Å². The lowest BCUT2D eigenvalue weighted by Crippen LogP contribution is -1.98. The maximum Gasteiger partial charge on any atom is 0.143 e. The minimum absolute atomic E-state index is 0.731. The van der Waals surface area contributed by atoms with Gasteiger partial charge in [0.15, 0.2) is 0 Å². The number of fused-ring (bicyclic) bond motifs is 2. The van der Waals surface area contributed by atoms with Gasteiger partial charge in [-0.3, -0.25) is 5.10 Å². The fourth-order valence-electron chi connectivity index (χ4n) is 2.50. The number of benzene rings is 1. The van der Waals surface area contributed by atoms with E-state index >= 15 is 0 Å². The molecule has 0 spiro atoms. The summed E-state index contributed by atoms with van der Waals surface area (Å²) in [7, 11) is 0. The van der Waals surface area contributed by atoms with Crippen LogP contribution in [-0.2, 0) is 0 Å². The highest BCUT2D eigenvalue weighted by Gasteiger charge is 2.09. The van der Waals surface area contributed by atoms with Gasteiger partial charge in [0.05, 0.1) is 17.1 Å². The smallest absolute Gasteiger partial charge is 0.143 e. The predicted octanol–water partition coefficient (Wildman–Crippen LogP) is 3.19. The standard InChI is InChI=1S/C15H14N6/c1-8-5-12-14(17-8)18-9(2)19-15(12)20-11-4-3-10-7-16-21-13(10)6-11/h3-7H,1-2H3,(H,16,21)(H2,17,18,19,20). The lowest BCUT2D eigenvalue weighted by molar-refractivity contribution is 1.08. The number of aromatic amines is 2. The third-order valence-corrected chi connectivity index (χ3v) is 3.44. The first-order valence-electron chi connectivity index (χ1n) is 6.73. The van der Waals surface area contributed by atoms with Crippen molar-refractivity contribution in [3.05, 3.63) is 42.0 Å². The number of aromatic nitrogens is 5. The zero-order valence-corrected chi connectivity index (χ0v) is 11.7. The van der Waals surface area contributed by atoms with Crippen molar-refractivity contribution in [3.63, 3.8) is 0 Å². The lowest BCUT2D eigenvalue weighted by atomic mass is 10.2. The zero-order chi connectivity index (χ0) is 14.4. The monoisotopic (exact) mass is 278 g/mol. The van der Waals surface area contributed by atoms with Crippen LogP contribution >= 0.6 is 0 Å². The molecule has 4 aromatic rings. The second-order valence-corrected chi connectivity index (χ2v) is 5.13. The molecule has 0 bridgehead atoms. The van der Waals surface area contributed by atoms with E-state index in [4.69, 9.17) is 0 Å². The van der Waals surface area contributed by atoms with Crippen molar-refractivity contribution in [1.29, 1.82) is 0 Å². The van der Waals surface area contributed by atoms with Gasteiger partial charge in [0.1, 0.15) is 17.3 Å². The highest BCUT2D eigenvalue weighted by atomic mass is 15.1. The molecule has 0 radical (unpaired) electrons. The van der Waals surface area contributed by atoms with E-state index in [1.807, 2.05) is 44.3 Å². The molecular formula is C15H14N6. The summed E-state index contributed by atoms with van der Waals surface area (Å²) in [4.78, 5) is 12.2. The molecule has 0 saturated heterocycles. The molecule has 3 aromatic heterocycles. The van der Waals surface area contributed by atoms with Crippen LogP contribution < -0.4 is 5.32 Å². The number of H-pyrrole nitrogens is 2. The highest BCUT2D eigenvalue weighted by Crippen LogP contribution is 2.26. The number of rotatable bonds is 2. The van der Waals surface area contributed by atoms with Crippen LogP contribution in [0.3, 0.4) is 0 Å². The maximum atomic E-state index is 4.51. The van der Waals surface area contributed by atoms with E-state index in [1.54, 1.807) is 0 Å². The van der Waals surface area contributed by atoms with Crippen LogP contribution in [0.25, 0.3) is 21.9 Å². The van der Waals surface area contributed by atoms with Gasteiger partial charge in [0.2, 0.25) is 0 Å². The Morgan fingerprint density at radius 1 is 1.10 bits per heavy atom. The number of aryl methyl sites for hydroxylation is 2. The van der Waals surface area contributed by atoms with Crippen LogP contribution in [0.2, 0.25) is 0 Å². The molecule has 0 atom stereocenters. The lowest BCUT2D eigenvalue weighted by Gasteiger charge is -2.07. The molecule has 0 aliphatic carbocycles. The molecule has 0 fully saturated rings. The summed E-state index contributed by atoms with van der Waals surface area (Å²) in [5.74, 6) is 1.54. The van der Waals surface area contributed by atoms with Crippen molar-refractivity contribution in [1.82, 2.24) is 25.1 Å².